The normalized spacial score (nSPS) is 16.4. The van der Waals surface area contributed by atoms with Gasteiger partial charge in [0.05, 0.1) is 11.2 Å². The highest BCUT2D eigenvalue weighted by Gasteiger charge is 2.09. The number of hydrogen-bond donors (Lipinski definition) is 4. The Balaban J connectivity index is 0.000000314. The van der Waals surface area contributed by atoms with E-state index in [4.69, 9.17) is 0 Å². The predicted octanol–water partition coefficient (Wildman–Crippen LogP) is 2.11. The van der Waals surface area contributed by atoms with Crippen molar-refractivity contribution in [1.82, 2.24) is 25.9 Å². The maximum Gasteiger partial charge on any atom is 0.151 e. The van der Waals surface area contributed by atoms with Crippen molar-refractivity contribution in [2.75, 3.05) is 19.6 Å². The van der Waals surface area contributed by atoms with Crippen molar-refractivity contribution in [2.45, 2.75) is 19.4 Å². The van der Waals surface area contributed by atoms with Gasteiger partial charge in [0.25, 0.3) is 0 Å². The Bertz CT molecular complexity index is 779. The average molecular weight is 343 g/mol. The smallest absolute Gasteiger partial charge is 0.151 e. The highest BCUT2D eigenvalue weighted by molar-refractivity contribution is 5.75. The van der Waals surface area contributed by atoms with E-state index in [1.54, 1.807) is 18.3 Å². The lowest BCUT2D eigenvalue weighted by molar-refractivity contribution is 0.406. The number of aliphatic hydroxyl groups excluding tert-OH is 1. The molecule has 25 heavy (non-hydrogen) atoms. The van der Waals surface area contributed by atoms with E-state index < -0.39 is 5.82 Å². The first-order chi connectivity index (χ1) is 12.2. The van der Waals surface area contributed by atoms with E-state index in [-0.39, 0.29) is 11.3 Å². The van der Waals surface area contributed by atoms with Gasteiger partial charge < -0.3 is 21.1 Å². The third-order valence-corrected chi connectivity index (χ3v) is 3.96. The number of fused-ring (bicyclic) bond motifs is 1. The molecule has 0 amide bonds. The Morgan fingerprint density at radius 3 is 2.68 bits per heavy atom. The first-order valence-electron chi connectivity index (χ1n) is 8.41. The monoisotopic (exact) mass is 343 g/mol. The van der Waals surface area contributed by atoms with Gasteiger partial charge in [0.15, 0.2) is 5.82 Å². The molecular formula is C18H22FN5O. The zero-order valence-electron chi connectivity index (χ0n) is 13.9. The van der Waals surface area contributed by atoms with Gasteiger partial charge in [-0.3, -0.25) is 4.98 Å². The van der Waals surface area contributed by atoms with Crippen molar-refractivity contribution < 1.29 is 9.50 Å². The average Bonchev–Trinajstić information content (AvgIpc) is 3.21. The lowest BCUT2D eigenvalue weighted by Crippen LogP contribution is -2.22. The van der Waals surface area contributed by atoms with Crippen LogP contribution in [0.2, 0.25) is 0 Å². The number of aromatic nitrogens is 2. The Labute approximate surface area is 145 Å². The Kier molecular flexibility index (Phi) is 5.79. The minimum absolute atomic E-state index is 0.185. The molecule has 1 aromatic heterocycles. The standard InChI is InChI=1S/C14H13FN4O.C4H9N/c15-10-5-9(6-11-14(10)18-4-3-17-11)7-19-12-8-16-2-1-13(12)20;1-2-4-5-3-1/h1,3-6,8,16,19-20H,2,7H2;5H,1-4H2. The van der Waals surface area contributed by atoms with Crippen molar-refractivity contribution >= 4 is 11.0 Å². The van der Waals surface area contributed by atoms with E-state index in [1.165, 1.54) is 44.4 Å². The van der Waals surface area contributed by atoms with Gasteiger partial charge in [0.1, 0.15) is 11.3 Å². The van der Waals surface area contributed by atoms with Crippen LogP contribution in [0.15, 0.2) is 48.3 Å². The van der Waals surface area contributed by atoms with E-state index in [0.717, 1.165) is 5.56 Å². The summed E-state index contributed by atoms with van der Waals surface area (Å²) < 4.78 is 13.9. The minimum Gasteiger partial charge on any atom is -0.506 e. The molecule has 1 saturated heterocycles. The quantitative estimate of drug-likeness (QED) is 0.683. The second kappa shape index (κ2) is 8.43. The summed E-state index contributed by atoms with van der Waals surface area (Å²) in [6.07, 6.45) is 9.12. The summed E-state index contributed by atoms with van der Waals surface area (Å²) in [6, 6.07) is 3.19. The van der Waals surface area contributed by atoms with Crippen LogP contribution in [0.1, 0.15) is 18.4 Å². The van der Waals surface area contributed by atoms with Gasteiger partial charge in [0, 0.05) is 31.7 Å². The van der Waals surface area contributed by atoms with Crippen LogP contribution in [0, 0.1) is 5.82 Å². The Hall–Kier alpha value is -2.67. The van der Waals surface area contributed by atoms with Gasteiger partial charge in [-0.2, -0.15) is 0 Å². The van der Waals surface area contributed by atoms with Crippen molar-refractivity contribution in [3.05, 3.63) is 59.6 Å². The maximum absolute atomic E-state index is 13.9. The first kappa shape index (κ1) is 17.2. The summed E-state index contributed by atoms with van der Waals surface area (Å²) in [4.78, 5) is 8.05. The molecule has 7 heteroatoms. The summed E-state index contributed by atoms with van der Waals surface area (Å²) in [5.41, 5.74) is 2.09. The molecule has 3 heterocycles. The van der Waals surface area contributed by atoms with Gasteiger partial charge in [-0.05, 0) is 49.7 Å². The van der Waals surface area contributed by atoms with Crippen molar-refractivity contribution in [3.63, 3.8) is 0 Å². The lowest BCUT2D eigenvalue weighted by Gasteiger charge is -2.15. The van der Waals surface area contributed by atoms with Crippen LogP contribution >= 0.6 is 0 Å². The Morgan fingerprint density at radius 2 is 1.96 bits per heavy atom. The molecule has 0 spiro atoms. The van der Waals surface area contributed by atoms with Gasteiger partial charge in [-0.15, -0.1) is 0 Å². The van der Waals surface area contributed by atoms with Gasteiger partial charge >= 0.3 is 0 Å². The maximum atomic E-state index is 13.9. The fourth-order valence-corrected chi connectivity index (χ4v) is 2.65. The molecule has 0 radical (unpaired) electrons. The molecule has 0 unspecified atom stereocenters. The van der Waals surface area contributed by atoms with Crippen LogP contribution in [0.3, 0.4) is 0 Å². The number of halogens is 1. The molecule has 132 valence electrons. The summed E-state index contributed by atoms with van der Waals surface area (Å²) in [7, 11) is 0. The summed E-state index contributed by atoms with van der Waals surface area (Å²) >= 11 is 0. The molecule has 4 N–H and O–H groups in total. The first-order valence-corrected chi connectivity index (χ1v) is 8.41. The fourth-order valence-electron chi connectivity index (χ4n) is 2.65. The second-order valence-corrected chi connectivity index (χ2v) is 5.87. The molecule has 1 aromatic carbocycles. The third kappa shape index (κ3) is 4.67. The summed E-state index contributed by atoms with van der Waals surface area (Å²) in [5, 5.41) is 18.9. The van der Waals surface area contributed by atoms with Crippen molar-refractivity contribution in [3.8, 4) is 0 Å². The van der Waals surface area contributed by atoms with E-state index >= 15 is 0 Å². The summed E-state index contributed by atoms with van der Waals surface area (Å²) in [6.45, 7) is 3.48. The molecule has 0 bridgehead atoms. The van der Waals surface area contributed by atoms with Crippen molar-refractivity contribution in [1.29, 1.82) is 0 Å². The third-order valence-electron chi connectivity index (χ3n) is 3.96. The van der Waals surface area contributed by atoms with Crippen LogP contribution in [0.5, 0.6) is 0 Å². The molecule has 2 aromatic rings. The number of aliphatic hydroxyl groups is 1. The molecule has 6 nitrogen and oxygen atoms in total. The van der Waals surface area contributed by atoms with Crippen molar-refractivity contribution in [2.24, 2.45) is 0 Å². The zero-order valence-corrected chi connectivity index (χ0v) is 13.9. The molecule has 0 atom stereocenters. The zero-order chi connectivity index (χ0) is 17.5. The number of nitrogens with one attached hydrogen (secondary N) is 3. The fraction of sp³-hybridized carbons (Fsp3) is 0.333. The number of dihydropyridines is 1. The number of rotatable bonds is 3. The van der Waals surface area contributed by atoms with Crippen LogP contribution in [-0.4, -0.2) is 34.7 Å². The van der Waals surface area contributed by atoms with E-state index in [2.05, 4.69) is 25.9 Å². The molecule has 2 aliphatic rings. The van der Waals surface area contributed by atoms with E-state index in [1.807, 2.05) is 0 Å². The number of hydrogen-bond acceptors (Lipinski definition) is 6. The van der Waals surface area contributed by atoms with Crippen LogP contribution in [-0.2, 0) is 6.54 Å². The molecule has 4 rings (SSSR count). The molecule has 1 fully saturated rings. The van der Waals surface area contributed by atoms with Gasteiger partial charge in [0.2, 0.25) is 0 Å². The van der Waals surface area contributed by atoms with Gasteiger partial charge in [-0.25, -0.2) is 9.37 Å². The lowest BCUT2D eigenvalue weighted by atomic mass is 10.1. The second-order valence-electron chi connectivity index (χ2n) is 5.87. The minimum atomic E-state index is -0.400. The van der Waals surface area contributed by atoms with E-state index in [0.29, 0.717) is 24.3 Å². The topological polar surface area (TPSA) is 82.1 Å². The van der Waals surface area contributed by atoms with Crippen LogP contribution in [0.25, 0.3) is 11.0 Å². The largest absolute Gasteiger partial charge is 0.506 e. The molecule has 2 aliphatic heterocycles. The highest BCUT2D eigenvalue weighted by Crippen LogP contribution is 2.16. The van der Waals surface area contributed by atoms with Gasteiger partial charge in [-0.1, -0.05) is 0 Å². The predicted molar refractivity (Wildman–Crippen MR) is 95.2 cm³/mol. The number of nitrogens with zero attached hydrogens (tertiary/aromatic N) is 2. The van der Waals surface area contributed by atoms with Crippen LogP contribution in [0.4, 0.5) is 4.39 Å². The SMILES string of the molecule is C1CCNC1.OC1=CCNC=C1NCc1cc(F)c2nccnc2c1. The molecular weight excluding hydrogens is 321 g/mol. The van der Waals surface area contributed by atoms with Crippen LogP contribution < -0.4 is 16.0 Å². The number of benzene rings is 1. The highest BCUT2D eigenvalue weighted by atomic mass is 19.1. The molecule has 0 aliphatic carbocycles. The Morgan fingerprint density at radius 1 is 1.16 bits per heavy atom. The summed E-state index contributed by atoms with van der Waals surface area (Å²) in [5.74, 6) is -0.215. The van der Waals surface area contributed by atoms with E-state index in [9.17, 15) is 9.50 Å². The molecule has 0 saturated carbocycles.